The summed E-state index contributed by atoms with van der Waals surface area (Å²) in [6.45, 7) is 2.39. The van der Waals surface area contributed by atoms with Gasteiger partial charge in [0.1, 0.15) is 18.2 Å². The van der Waals surface area contributed by atoms with Gasteiger partial charge in [-0.05, 0) is 42.3 Å². The van der Waals surface area contributed by atoms with Crippen LogP contribution < -0.4 is 10.5 Å². The highest BCUT2D eigenvalue weighted by molar-refractivity contribution is 5.85. The molecule has 0 bridgehead atoms. The van der Waals surface area contributed by atoms with Gasteiger partial charge in [0.25, 0.3) is 0 Å². The molecular weight excluding hydrogens is 300 g/mol. The molecule has 0 aliphatic rings. The molecule has 2 nitrogen and oxygen atoms in total. The van der Waals surface area contributed by atoms with E-state index in [1.165, 1.54) is 12.1 Å². The normalized spacial score (nSPS) is 10.9. The molecule has 0 saturated carbocycles. The first-order chi connectivity index (χ1) is 8.65. The van der Waals surface area contributed by atoms with Crippen LogP contribution in [0.15, 0.2) is 48.5 Å². The molecule has 0 saturated heterocycles. The van der Waals surface area contributed by atoms with Crippen LogP contribution in [0.4, 0.5) is 4.39 Å². The maximum Gasteiger partial charge on any atom is 0.123 e. The fourth-order valence-electron chi connectivity index (χ4n) is 1.61. The van der Waals surface area contributed by atoms with E-state index in [2.05, 4.69) is 0 Å². The molecule has 0 radical (unpaired) electrons. The van der Waals surface area contributed by atoms with Crippen molar-refractivity contribution in [3.05, 3.63) is 54.3 Å². The van der Waals surface area contributed by atoms with Gasteiger partial charge >= 0.3 is 0 Å². The molecule has 5 heteroatoms. The first-order valence-corrected chi connectivity index (χ1v) is 5.89. The van der Waals surface area contributed by atoms with E-state index in [0.717, 1.165) is 16.9 Å². The van der Waals surface area contributed by atoms with Gasteiger partial charge in [-0.25, -0.2) is 4.39 Å². The van der Waals surface area contributed by atoms with E-state index in [4.69, 9.17) is 10.5 Å². The summed E-state index contributed by atoms with van der Waals surface area (Å²) in [5.41, 5.74) is 7.63. The molecule has 0 aliphatic heterocycles. The minimum Gasteiger partial charge on any atom is -0.492 e. The first-order valence-electron chi connectivity index (χ1n) is 5.89. The maximum atomic E-state index is 12.8. The van der Waals surface area contributed by atoms with Crippen LogP contribution in [0, 0.1) is 5.82 Å². The molecule has 0 spiro atoms. The molecule has 2 rings (SSSR count). The third-order valence-electron chi connectivity index (χ3n) is 2.54. The van der Waals surface area contributed by atoms with Crippen molar-refractivity contribution in [2.75, 3.05) is 6.61 Å². The summed E-state index contributed by atoms with van der Waals surface area (Å²) in [4.78, 5) is 0. The Kier molecular flexibility index (Phi) is 8.23. The second kappa shape index (κ2) is 8.80. The largest absolute Gasteiger partial charge is 0.492 e. The summed E-state index contributed by atoms with van der Waals surface area (Å²) in [5.74, 6) is 0.564. The van der Waals surface area contributed by atoms with Gasteiger partial charge in [-0.1, -0.05) is 24.3 Å². The monoisotopic (exact) mass is 317 g/mol. The number of benzene rings is 2. The highest BCUT2D eigenvalue weighted by Crippen LogP contribution is 2.22. The molecule has 1 unspecified atom stereocenters. The number of hydrogen-bond acceptors (Lipinski definition) is 2. The van der Waals surface area contributed by atoms with Gasteiger partial charge in [-0.3, -0.25) is 0 Å². The van der Waals surface area contributed by atoms with E-state index in [-0.39, 0.29) is 36.7 Å². The van der Waals surface area contributed by atoms with Gasteiger partial charge in [0.15, 0.2) is 0 Å². The number of halogens is 3. The van der Waals surface area contributed by atoms with Crippen molar-refractivity contribution in [3.63, 3.8) is 0 Å². The van der Waals surface area contributed by atoms with Crippen LogP contribution in [0.1, 0.15) is 6.92 Å². The Hall–Kier alpha value is -1.29. The van der Waals surface area contributed by atoms with Gasteiger partial charge in [-0.15, -0.1) is 24.8 Å². The summed E-state index contributed by atoms with van der Waals surface area (Å²) in [5, 5.41) is 0. The Bertz CT molecular complexity index is 500. The van der Waals surface area contributed by atoms with Crippen LogP contribution >= 0.6 is 24.8 Å². The van der Waals surface area contributed by atoms with E-state index in [1.54, 1.807) is 12.1 Å². The molecular formula is C15H18Cl2FNO. The highest BCUT2D eigenvalue weighted by atomic mass is 35.5. The van der Waals surface area contributed by atoms with Crippen molar-refractivity contribution >= 4 is 24.8 Å². The molecule has 20 heavy (non-hydrogen) atoms. The Balaban J connectivity index is 0.00000180. The molecule has 0 heterocycles. The van der Waals surface area contributed by atoms with Crippen LogP contribution in [-0.4, -0.2) is 12.6 Å². The first kappa shape index (κ1) is 18.7. The van der Waals surface area contributed by atoms with Crippen molar-refractivity contribution < 1.29 is 9.13 Å². The second-order valence-corrected chi connectivity index (χ2v) is 4.32. The Labute approximate surface area is 131 Å². The number of rotatable bonds is 4. The van der Waals surface area contributed by atoms with Gasteiger partial charge in [-0.2, -0.15) is 0 Å². The fraction of sp³-hybridized carbons (Fsp3) is 0.200. The lowest BCUT2D eigenvalue weighted by molar-refractivity contribution is 0.296. The van der Waals surface area contributed by atoms with Crippen molar-refractivity contribution in [1.82, 2.24) is 0 Å². The average Bonchev–Trinajstić information content (AvgIpc) is 2.38. The van der Waals surface area contributed by atoms with E-state index in [9.17, 15) is 4.39 Å². The van der Waals surface area contributed by atoms with E-state index < -0.39 is 0 Å². The number of hydrogen-bond donors (Lipinski definition) is 1. The molecule has 1 atom stereocenters. The molecule has 2 N–H and O–H groups in total. The van der Waals surface area contributed by atoms with Crippen LogP contribution in [0.3, 0.4) is 0 Å². The van der Waals surface area contributed by atoms with Gasteiger partial charge in [0, 0.05) is 6.04 Å². The van der Waals surface area contributed by atoms with Crippen LogP contribution in [0.25, 0.3) is 11.1 Å². The minimum atomic E-state index is -0.226. The highest BCUT2D eigenvalue weighted by Gasteiger charge is 2.00. The molecule has 0 aliphatic carbocycles. The molecule has 0 aromatic heterocycles. The quantitative estimate of drug-likeness (QED) is 0.922. The topological polar surface area (TPSA) is 35.2 Å². The molecule has 0 amide bonds. The minimum absolute atomic E-state index is 0. The summed E-state index contributed by atoms with van der Waals surface area (Å²) in [6.07, 6.45) is 0. The predicted molar refractivity (Wildman–Crippen MR) is 85.5 cm³/mol. The summed E-state index contributed by atoms with van der Waals surface area (Å²) in [6, 6.07) is 14.1. The second-order valence-electron chi connectivity index (χ2n) is 4.32. The molecule has 2 aromatic carbocycles. The third kappa shape index (κ3) is 5.37. The lowest BCUT2D eigenvalue weighted by Crippen LogP contribution is -2.23. The van der Waals surface area contributed by atoms with Gasteiger partial charge in [0.2, 0.25) is 0 Å². The molecule has 2 aromatic rings. The Morgan fingerprint density at radius 1 is 0.950 bits per heavy atom. The zero-order valence-corrected chi connectivity index (χ0v) is 12.7. The average molecular weight is 318 g/mol. The predicted octanol–water partition coefficient (Wildman–Crippen LogP) is 4.06. The zero-order valence-electron chi connectivity index (χ0n) is 11.1. The Morgan fingerprint density at radius 2 is 1.40 bits per heavy atom. The van der Waals surface area contributed by atoms with E-state index in [1.807, 2.05) is 31.2 Å². The lowest BCUT2D eigenvalue weighted by Gasteiger charge is -2.09. The Morgan fingerprint density at radius 3 is 1.85 bits per heavy atom. The van der Waals surface area contributed by atoms with Crippen molar-refractivity contribution in [3.8, 4) is 16.9 Å². The fourth-order valence-corrected chi connectivity index (χ4v) is 1.61. The maximum absolute atomic E-state index is 12.8. The third-order valence-corrected chi connectivity index (χ3v) is 2.54. The van der Waals surface area contributed by atoms with E-state index >= 15 is 0 Å². The molecule has 0 fully saturated rings. The zero-order chi connectivity index (χ0) is 13.0. The number of nitrogens with two attached hydrogens (primary N) is 1. The van der Waals surface area contributed by atoms with Crippen LogP contribution in [-0.2, 0) is 0 Å². The van der Waals surface area contributed by atoms with Crippen molar-refractivity contribution in [2.24, 2.45) is 5.73 Å². The van der Waals surface area contributed by atoms with Crippen molar-refractivity contribution in [1.29, 1.82) is 0 Å². The SMILES string of the molecule is CC(N)COc1ccc(-c2ccc(F)cc2)cc1.Cl.Cl. The van der Waals surface area contributed by atoms with E-state index in [0.29, 0.717) is 6.61 Å². The standard InChI is InChI=1S/C15H16FNO.2ClH/c1-11(17)10-18-15-8-4-13(5-9-15)12-2-6-14(16)7-3-12;;/h2-9,11H,10,17H2,1H3;2*1H. The smallest absolute Gasteiger partial charge is 0.123 e. The van der Waals surface area contributed by atoms with Crippen LogP contribution in [0.5, 0.6) is 5.75 Å². The summed E-state index contributed by atoms with van der Waals surface area (Å²) < 4.78 is 18.3. The molecule has 110 valence electrons. The van der Waals surface area contributed by atoms with Gasteiger partial charge in [0.05, 0.1) is 0 Å². The summed E-state index contributed by atoms with van der Waals surface area (Å²) >= 11 is 0. The van der Waals surface area contributed by atoms with Gasteiger partial charge < -0.3 is 10.5 Å². The van der Waals surface area contributed by atoms with Crippen LogP contribution in [0.2, 0.25) is 0 Å². The lowest BCUT2D eigenvalue weighted by atomic mass is 10.1. The number of ether oxygens (including phenoxy) is 1. The van der Waals surface area contributed by atoms with Crippen molar-refractivity contribution in [2.45, 2.75) is 13.0 Å². The summed E-state index contributed by atoms with van der Waals surface area (Å²) in [7, 11) is 0.